The summed E-state index contributed by atoms with van der Waals surface area (Å²) in [6.45, 7) is 5.04. The molecule has 78 valence electrons. The van der Waals surface area contributed by atoms with Gasteiger partial charge in [0.1, 0.15) is 5.60 Å². The van der Waals surface area contributed by atoms with Crippen LogP contribution < -0.4 is 0 Å². The van der Waals surface area contributed by atoms with Crippen molar-refractivity contribution in [1.29, 1.82) is 0 Å². The van der Waals surface area contributed by atoms with Crippen LogP contribution >= 0.6 is 0 Å². The molecule has 0 fully saturated rings. The molecule has 0 aromatic rings. The smallest absolute Gasteiger partial charge is 0.306 e. The molecule has 1 atom stereocenters. The molecule has 0 rings (SSSR count). The first kappa shape index (κ1) is 12.4. The van der Waals surface area contributed by atoms with Gasteiger partial charge in [-0.2, -0.15) is 0 Å². The number of hydrogen-bond acceptors (Lipinski definition) is 4. The monoisotopic (exact) mass is 190 g/mol. The SMILES string of the molecule is CC(C)(C)OC(=O)CCC(O)CO. The first-order valence-corrected chi connectivity index (χ1v) is 4.36. The summed E-state index contributed by atoms with van der Waals surface area (Å²) in [5.74, 6) is -0.347. The van der Waals surface area contributed by atoms with Crippen molar-refractivity contribution in [2.24, 2.45) is 0 Å². The molecule has 0 heterocycles. The van der Waals surface area contributed by atoms with Crippen molar-refractivity contribution in [3.05, 3.63) is 0 Å². The second-order valence-electron chi connectivity index (χ2n) is 3.96. The van der Waals surface area contributed by atoms with Crippen LogP contribution in [0.2, 0.25) is 0 Å². The minimum absolute atomic E-state index is 0.138. The van der Waals surface area contributed by atoms with E-state index in [1.807, 2.05) is 0 Å². The highest BCUT2D eigenvalue weighted by Gasteiger charge is 2.16. The summed E-state index contributed by atoms with van der Waals surface area (Å²) in [4.78, 5) is 11.1. The van der Waals surface area contributed by atoms with E-state index in [4.69, 9.17) is 14.9 Å². The Morgan fingerprint density at radius 1 is 1.46 bits per heavy atom. The molecule has 1 unspecified atom stereocenters. The minimum atomic E-state index is -0.826. The number of hydrogen-bond donors (Lipinski definition) is 2. The molecule has 0 saturated heterocycles. The van der Waals surface area contributed by atoms with Gasteiger partial charge in [-0.05, 0) is 27.2 Å². The van der Waals surface area contributed by atoms with Crippen LogP contribution in [0.15, 0.2) is 0 Å². The van der Waals surface area contributed by atoms with Gasteiger partial charge in [-0.25, -0.2) is 0 Å². The second-order valence-corrected chi connectivity index (χ2v) is 3.96. The van der Waals surface area contributed by atoms with Crippen LogP contribution in [0.1, 0.15) is 33.6 Å². The van der Waals surface area contributed by atoms with Gasteiger partial charge >= 0.3 is 5.97 Å². The zero-order chi connectivity index (χ0) is 10.5. The van der Waals surface area contributed by atoms with Crippen LogP contribution in [0.4, 0.5) is 0 Å². The average Bonchev–Trinajstić information content (AvgIpc) is 1.97. The fourth-order valence-electron chi connectivity index (χ4n) is 0.768. The highest BCUT2D eigenvalue weighted by atomic mass is 16.6. The molecular weight excluding hydrogens is 172 g/mol. The summed E-state index contributed by atoms with van der Waals surface area (Å²) < 4.78 is 5.00. The Hall–Kier alpha value is -0.610. The molecule has 0 amide bonds. The lowest BCUT2D eigenvalue weighted by atomic mass is 10.2. The van der Waals surface area contributed by atoms with E-state index in [0.717, 1.165) is 0 Å². The Bertz CT molecular complexity index is 159. The van der Waals surface area contributed by atoms with Crippen molar-refractivity contribution in [3.63, 3.8) is 0 Å². The van der Waals surface area contributed by atoms with Crippen LogP contribution in [0.5, 0.6) is 0 Å². The maximum absolute atomic E-state index is 11.1. The normalized spacial score (nSPS) is 13.9. The van der Waals surface area contributed by atoms with E-state index < -0.39 is 11.7 Å². The van der Waals surface area contributed by atoms with Crippen molar-refractivity contribution < 1.29 is 19.7 Å². The van der Waals surface area contributed by atoms with Gasteiger partial charge in [0.2, 0.25) is 0 Å². The maximum atomic E-state index is 11.1. The molecule has 4 heteroatoms. The molecule has 2 N–H and O–H groups in total. The number of esters is 1. The fourth-order valence-corrected chi connectivity index (χ4v) is 0.768. The van der Waals surface area contributed by atoms with Gasteiger partial charge in [0.05, 0.1) is 12.7 Å². The molecule has 0 radical (unpaired) electrons. The number of carbonyl (C=O) groups is 1. The van der Waals surface area contributed by atoms with Crippen LogP contribution in [0.3, 0.4) is 0 Å². The predicted molar refractivity (Wildman–Crippen MR) is 48.2 cm³/mol. The van der Waals surface area contributed by atoms with Gasteiger partial charge < -0.3 is 14.9 Å². The zero-order valence-electron chi connectivity index (χ0n) is 8.41. The van der Waals surface area contributed by atoms with Crippen LogP contribution in [-0.2, 0) is 9.53 Å². The Morgan fingerprint density at radius 2 is 2.00 bits per heavy atom. The molecule has 0 saturated carbocycles. The number of aliphatic hydroxyl groups excluding tert-OH is 2. The van der Waals surface area contributed by atoms with E-state index >= 15 is 0 Å². The van der Waals surface area contributed by atoms with Crippen molar-refractivity contribution in [3.8, 4) is 0 Å². The second kappa shape index (κ2) is 5.19. The van der Waals surface area contributed by atoms with Gasteiger partial charge in [0.15, 0.2) is 0 Å². The van der Waals surface area contributed by atoms with Crippen molar-refractivity contribution in [2.75, 3.05) is 6.61 Å². The van der Waals surface area contributed by atoms with Gasteiger partial charge in [-0.1, -0.05) is 0 Å². The third kappa shape index (κ3) is 7.74. The first-order chi connectivity index (χ1) is 5.85. The molecule has 0 spiro atoms. The molecule has 0 aliphatic carbocycles. The summed E-state index contributed by atoms with van der Waals surface area (Å²) in [5.41, 5.74) is -0.485. The number of rotatable bonds is 4. The summed E-state index contributed by atoms with van der Waals surface area (Å²) >= 11 is 0. The minimum Gasteiger partial charge on any atom is -0.460 e. The van der Waals surface area contributed by atoms with Gasteiger partial charge in [0.25, 0.3) is 0 Å². The van der Waals surface area contributed by atoms with E-state index in [1.165, 1.54) is 0 Å². The van der Waals surface area contributed by atoms with Crippen LogP contribution in [0.25, 0.3) is 0 Å². The lowest BCUT2D eigenvalue weighted by Crippen LogP contribution is -2.25. The quantitative estimate of drug-likeness (QED) is 0.632. The van der Waals surface area contributed by atoms with Crippen molar-refractivity contribution in [1.82, 2.24) is 0 Å². The molecule has 13 heavy (non-hydrogen) atoms. The van der Waals surface area contributed by atoms with Crippen molar-refractivity contribution in [2.45, 2.75) is 45.3 Å². The highest BCUT2D eigenvalue weighted by Crippen LogP contribution is 2.09. The van der Waals surface area contributed by atoms with E-state index in [0.29, 0.717) is 0 Å². The third-order valence-electron chi connectivity index (χ3n) is 1.31. The van der Waals surface area contributed by atoms with E-state index in [-0.39, 0.29) is 25.4 Å². The standard InChI is InChI=1S/C9H18O4/c1-9(2,3)13-8(12)5-4-7(11)6-10/h7,10-11H,4-6H2,1-3H3. The van der Waals surface area contributed by atoms with Gasteiger partial charge in [-0.15, -0.1) is 0 Å². The number of carbonyl (C=O) groups excluding carboxylic acids is 1. The molecule has 4 nitrogen and oxygen atoms in total. The molecule has 0 aromatic heterocycles. The lowest BCUT2D eigenvalue weighted by molar-refractivity contribution is -0.155. The molecule has 0 aliphatic rings. The average molecular weight is 190 g/mol. The lowest BCUT2D eigenvalue weighted by Gasteiger charge is -2.19. The highest BCUT2D eigenvalue weighted by molar-refractivity contribution is 5.69. The number of aliphatic hydroxyl groups is 2. The Kier molecular flexibility index (Phi) is 4.95. The van der Waals surface area contributed by atoms with E-state index in [2.05, 4.69) is 0 Å². The Labute approximate surface area is 78.5 Å². The maximum Gasteiger partial charge on any atom is 0.306 e. The molecule has 0 aromatic carbocycles. The third-order valence-corrected chi connectivity index (χ3v) is 1.31. The number of ether oxygens (including phenoxy) is 1. The molecule has 0 bridgehead atoms. The summed E-state index contributed by atoms with van der Waals surface area (Å²) in [6, 6.07) is 0. The van der Waals surface area contributed by atoms with Crippen LogP contribution in [-0.4, -0.2) is 34.5 Å². The van der Waals surface area contributed by atoms with Gasteiger partial charge in [-0.3, -0.25) is 4.79 Å². The Balaban J connectivity index is 3.64. The van der Waals surface area contributed by atoms with E-state index in [1.54, 1.807) is 20.8 Å². The van der Waals surface area contributed by atoms with Crippen LogP contribution in [0, 0.1) is 0 Å². The summed E-state index contributed by atoms with van der Waals surface area (Å²) in [5, 5.41) is 17.4. The van der Waals surface area contributed by atoms with Gasteiger partial charge in [0, 0.05) is 6.42 Å². The summed E-state index contributed by atoms with van der Waals surface area (Å²) in [7, 11) is 0. The fraction of sp³-hybridized carbons (Fsp3) is 0.889. The predicted octanol–water partition coefficient (Wildman–Crippen LogP) is 0.462. The molecule has 0 aliphatic heterocycles. The largest absolute Gasteiger partial charge is 0.460 e. The van der Waals surface area contributed by atoms with E-state index in [9.17, 15) is 4.79 Å². The van der Waals surface area contributed by atoms with Crippen molar-refractivity contribution >= 4 is 5.97 Å². The topological polar surface area (TPSA) is 66.8 Å². The first-order valence-electron chi connectivity index (χ1n) is 4.36. The Morgan fingerprint density at radius 3 is 2.38 bits per heavy atom. The summed E-state index contributed by atoms with van der Waals surface area (Å²) in [6.07, 6.45) is -0.447. The molecular formula is C9H18O4. The zero-order valence-corrected chi connectivity index (χ0v) is 8.41.